The van der Waals surface area contributed by atoms with Gasteiger partial charge >= 0.3 is 182 Å². The number of nitrogens with zero attached hydrogens (tertiary/aromatic N) is 2. The number of rotatable bonds is 4. The van der Waals surface area contributed by atoms with E-state index in [0.717, 1.165) is 36.3 Å². The van der Waals surface area contributed by atoms with Crippen LogP contribution in [0.25, 0.3) is 10.8 Å². The Morgan fingerprint density at radius 3 is 2.48 bits per heavy atom. The molecule has 1 saturated heterocycles. The van der Waals surface area contributed by atoms with E-state index in [1.807, 2.05) is 24.3 Å². The molecule has 0 aliphatic carbocycles. The van der Waals surface area contributed by atoms with Crippen molar-refractivity contribution < 1.29 is 9.28 Å². The SMILES string of the molecule is CC(C)(C)CN1CC[PH](O)(c2cc(Cc3n[nH]c(=O)c4ccccc34)ccc2F)CC1. The third-order valence-corrected chi connectivity index (χ3v) is 9.55. The summed E-state index contributed by atoms with van der Waals surface area (Å²) in [6.45, 7) is 9.21. The predicted molar refractivity (Wildman–Crippen MR) is 127 cm³/mol. The zero-order valence-electron chi connectivity index (χ0n) is 18.4. The van der Waals surface area contributed by atoms with Crippen LogP contribution in [0.1, 0.15) is 32.0 Å². The second-order valence-corrected chi connectivity index (χ2v) is 13.5. The van der Waals surface area contributed by atoms with Crippen molar-refractivity contribution in [3.05, 3.63) is 69.9 Å². The molecule has 0 spiro atoms. The first kappa shape index (κ1) is 22.1. The van der Waals surface area contributed by atoms with Crippen molar-refractivity contribution in [2.45, 2.75) is 27.2 Å². The third-order valence-electron chi connectivity index (χ3n) is 6.06. The van der Waals surface area contributed by atoms with Crippen molar-refractivity contribution in [1.29, 1.82) is 0 Å². The average Bonchev–Trinajstić information content (AvgIpc) is 2.72. The number of nitrogens with one attached hydrogen (secondary N) is 1. The number of aromatic nitrogens is 2. The first-order valence-electron chi connectivity index (χ1n) is 10.8. The van der Waals surface area contributed by atoms with E-state index in [9.17, 15) is 14.1 Å². The van der Waals surface area contributed by atoms with Crippen molar-refractivity contribution in [1.82, 2.24) is 15.1 Å². The molecule has 7 heteroatoms. The maximum atomic E-state index is 14.8. The van der Waals surface area contributed by atoms with Crippen molar-refractivity contribution in [3.63, 3.8) is 0 Å². The van der Waals surface area contributed by atoms with Crippen LogP contribution in [0.5, 0.6) is 0 Å². The molecule has 1 aliphatic heterocycles. The Bertz CT molecular complexity index is 1150. The quantitative estimate of drug-likeness (QED) is 0.607. The first-order chi connectivity index (χ1) is 14.6. The van der Waals surface area contributed by atoms with Crippen molar-refractivity contribution in [2.75, 3.05) is 32.0 Å². The van der Waals surface area contributed by atoms with E-state index in [4.69, 9.17) is 0 Å². The minimum atomic E-state index is -2.88. The monoisotopic (exact) mass is 443 g/mol. The summed E-state index contributed by atoms with van der Waals surface area (Å²) < 4.78 is 14.8. The predicted octanol–water partition coefficient (Wildman–Crippen LogP) is 3.30. The number of H-pyrrole nitrogens is 1. The van der Waals surface area contributed by atoms with Gasteiger partial charge in [-0.1, -0.05) is 0 Å². The fraction of sp³-hybridized carbons (Fsp3) is 0.417. The second kappa shape index (κ2) is 8.42. The molecule has 0 bridgehead atoms. The molecule has 3 aromatic rings. The summed E-state index contributed by atoms with van der Waals surface area (Å²) in [6, 6.07) is 12.4. The van der Waals surface area contributed by atoms with Crippen LogP contribution in [0.4, 0.5) is 4.39 Å². The summed E-state index contributed by atoms with van der Waals surface area (Å²) in [7, 11) is -2.88. The fourth-order valence-corrected chi connectivity index (χ4v) is 7.70. The molecular formula is C24H31FN3O2P. The Morgan fingerprint density at radius 1 is 1.13 bits per heavy atom. The number of hydrogen-bond acceptors (Lipinski definition) is 4. The van der Waals surface area contributed by atoms with Gasteiger partial charge in [0.1, 0.15) is 0 Å². The standard InChI is InChI=1S/C24H31FN3O2P/c1-24(2,3)16-28-10-12-31(30,13-11-28)22-15-17(8-9-20(22)25)14-21-18-6-4-5-7-19(18)23(29)27-26-21/h4-9,15,30-31H,10-14,16H2,1-3H3,(H,27,29). The molecule has 166 valence electrons. The topological polar surface area (TPSA) is 69.2 Å². The van der Waals surface area contributed by atoms with Crippen LogP contribution in [-0.2, 0) is 6.42 Å². The summed E-state index contributed by atoms with van der Waals surface area (Å²) in [4.78, 5) is 25.9. The number of fused-ring (bicyclic) bond motifs is 1. The molecule has 0 atom stereocenters. The molecular weight excluding hydrogens is 412 g/mol. The molecule has 0 saturated carbocycles. The zero-order chi connectivity index (χ0) is 22.2. The van der Waals surface area contributed by atoms with Crippen LogP contribution >= 0.6 is 7.49 Å². The molecule has 0 unspecified atom stereocenters. The minimum absolute atomic E-state index is 0.203. The summed E-state index contributed by atoms with van der Waals surface area (Å²) in [5, 5.41) is 8.68. The maximum absolute atomic E-state index is 14.8. The van der Waals surface area contributed by atoms with Gasteiger partial charge in [-0.15, -0.1) is 0 Å². The fourth-order valence-electron chi connectivity index (χ4n) is 4.56. The molecule has 5 nitrogen and oxygen atoms in total. The van der Waals surface area contributed by atoms with Crippen molar-refractivity contribution >= 4 is 23.6 Å². The number of halogens is 1. The van der Waals surface area contributed by atoms with Crippen molar-refractivity contribution in [2.24, 2.45) is 5.41 Å². The van der Waals surface area contributed by atoms with Gasteiger partial charge in [-0.25, -0.2) is 0 Å². The van der Waals surface area contributed by atoms with Crippen LogP contribution in [-0.4, -0.2) is 51.9 Å². The van der Waals surface area contributed by atoms with Gasteiger partial charge < -0.3 is 0 Å². The molecule has 2 N–H and O–H groups in total. The Balaban J connectivity index is 1.59. The number of hydrogen-bond donors (Lipinski definition) is 2. The molecule has 2 aromatic carbocycles. The molecule has 0 amide bonds. The Labute approximate surface area is 182 Å². The summed E-state index contributed by atoms with van der Waals surface area (Å²) in [6.07, 6.45) is 1.75. The van der Waals surface area contributed by atoms with Gasteiger partial charge in [0.2, 0.25) is 0 Å². The van der Waals surface area contributed by atoms with E-state index < -0.39 is 7.49 Å². The Morgan fingerprint density at radius 2 is 1.81 bits per heavy atom. The molecule has 0 radical (unpaired) electrons. The van der Waals surface area contributed by atoms with Crippen LogP contribution < -0.4 is 10.9 Å². The zero-order valence-corrected chi connectivity index (χ0v) is 19.4. The summed E-state index contributed by atoms with van der Waals surface area (Å²) in [5.41, 5.74) is 1.61. The molecule has 31 heavy (non-hydrogen) atoms. The number of benzene rings is 2. The van der Waals surface area contributed by atoms with Gasteiger partial charge in [-0.3, -0.25) is 0 Å². The van der Waals surface area contributed by atoms with Gasteiger partial charge in [0, 0.05) is 0 Å². The van der Waals surface area contributed by atoms with Gasteiger partial charge in [0.15, 0.2) is 0 Å². The van der Waals surface area contributed by atoms with E-state index in [2.05, 4.69) is 35.9 Å². The van der Waals surface area contributed by atoms with E-state index >= 15 is 0 Å². The normalized spacial score (nSPS) is 18.2. The van der Waals surface area contributed by atoms with E-state index in [1.54, 1.807) is 12.1 Å². The van der Waals surface area contributed by atoms with Gasteiger partial charge in [0.25, 0.3) is 0 Å². The van der Waals surface area contributed by atoms with Gasteiger partial charge in [0.05, 0.1) is 0 Å². The summed E-state index contributed by atoms with van der Waals surface area (Å²) in [5.74, 6) is -0.318. The molecule has 4 rings (SSSR count). The molecule has 1 aromatic heterocycles. The van der Waals surface area contributed by atoms with Gasteiger partial charge in [-0.2, -0.15) is 0 Å². The van der Waals surface area contributed by atoms with Crippen LogP contribution in [0.15, 0.2) is 47.3 Å². The van der Waals surface area contributed by atoms with E-state index in [1.165, 1.54) is 6.07 Å². The van der Waals surface area contributed by atoms with Crippen LogP contribution in [0.2, 0.25) is 0 Å². The summed E-state index contributed by atoms with van der Waals surface area (Å²) >= 11 is 0. The van der Waals surface area contributed by atoms with E-state index in [-0.39, 0.29) is 16.8 Å². The van der Waals surface area contributed by atoms with Crippen molar-refractivity contribution in [3.8, 4) is 0 Å². The van der Waals surface area contributed by atoms with Crippen LogP contribution in [0.3, 0.4) is 0 Å². The van der Waals surface area contributed by atoms with E-state index in [0.29, 0.717) is 29.4 Å². The number of aromatic amines is 1. The third kappa shape index (κ3) is 4.87. The average molecular weight is 444 g/mol. The molecule has 1 fully saturated rings. The molecule has 1 aliphatic rings. The van der Waals surface area contributed by atoms with Gasteiger partial charge in [-0.05, 0) is 0 Å². The Kier molecular flexibility index (Phi) is 5.99. The Hall–Kier alpha value is -2.14. The van der Waals surface area contributed by atoms with Crippen LogP contribution in [0, 0.1) is 11.2 Å². The first-order valence-corrected chi connectivity index (χ1v) is 13.2. The molecule has 2 heterocycles. The second-order valence-electron chi connectivity index (χ2n) is 9.90.